The fourth-order valence-corrected chi connectivity index (χ4v) is 3.76. The number of hydrogen-bond donors (Lipinski definition) is 4. The summed E-state index contributed by atoms with van der Waals surface area (Å²) in [5, 5.41) is 6.13. The van der Waals surface area contributed by atoms with Gasteiger partial charge in [0.2, 0.25) is 0 Å². The van der Waals surface area contributed by atoms with E-state index in [4.69, 9.17) is 9.47 Å². The second-order valence-electron chi connectivity index (χ2n) is 7.49. The number of rotatable bonds is 8. The van der Waals surface area contributed by atoms with Crippen molar-refractivity contribution in [3.8, 4) is 11.5 Å². The molecule has 0 fully saturated rings. The highest BCUT2D eigenvalue weighted by Gasteiger charge is 2.13. The quantitative estimate of drug-likeness (QED) is 0.277. The number of H-pyrrole nitrogens is 2. The van der Waals surface area contributed by atoms with Crippen molar-refractivity contribution in [2.45, 2.75) is 13.5 Å². The zero-order valence-corrected chi connectivity index (χ0v) is 19.7. The molecule has 0 saturated heterocycles. The van der Waals surface area contributed by atoms with Gasteiger partial charge in [0.1, 0.15) is 0 Å². The summed E-state index contributed by atoms with van der Waals surface area (Å²) in [7, 11) is 1.55. The normalized spacial score (nSPS) is 10.8. The number of imidazole rings is 1. The molecule has 0 radical (unpaired) electrons. The van der Waals surface area contributed by atoms with E-state index in [2.05, 4.69) is 36.5 Å². The smallest absolute Gasteiger partial charge is 0.323 e. The first kappa shape index (κ1) is 22.5. The Labute approximate surface area is 198 Å². The number of halogens is 1. The minimum atomic E-state index is -0.263. The highest BCUT2D eigenvalue weighted by molar-refractivity contribution is 9.10. The van der Waals surface area contributed by atoms with Crippen molar-refractivity contribution >= 4 is 44.2 Å². The van der Waals surface area contributed by atoms with Crippen LogP contribution in [0.25, 0.3) is 11.0 Å². The average molecular weight is 511 g/mol. The van der Waals surface area contributed by atoms with E-state index < -0.39 is 0 Å². The molecule has 0 bridgehead atoms. The average Bonchev–Trinajstić information content (AvgIpc) is 3.17. The summed E-state index contributed by atoms with van der Waals surface area (Å²) >= 11 is 3.57. The van der Waals surface area contributed by atoms with Crippen LogP contribution >= 0.6 is 15.9 Å². The van der Waals surface area contributed by atoms with E-state index in [1.54, 1.807) is 13.2 Å². The molecular weight excluding hydrogens is 488 g/mol. The van der Waals surface area contributed by atoms with Crippen LogP contribution in [0.5, 0.6) is 11.5 Å². The molecule has 4 aromatic rings. The van der Waals surface area contributed by atoms with Crippen LogP contribution in [0.4, 0.5) is 11.4 Å². The zero-order valence-electron chi connectivity index (χ0n) is 18.1. The van der Waals surface area contributed by atoms with E-state index in [9.17, 15) is 9.59 Å². The van der Waals surface area contributed by atoms with Crippen molar-refractivity contribution in [3.63, 3.8) is 0 Å². The van der Waals surface area contributed by atoms with E-state index in [-0.39, 0.29) is 18.2 Å². The van der Waals surface area contributed by atoms with Gasteiger partial charge in [-0.3, -0.25) is 4.79 Å². The number of aromatic nitrogens is 2. The third kappa shape index (κ3) is 5.56. The van der Waals surface area contributed by atoms with E-state index in [1.807, 2.05) is 55.5 Å². The van der Waals surface area contributed by atoms with Crippen LogP contribution in [0.15, 0.2) is 63.9 Å². The Morgan fingerprint density at radius 2 is 1.70 bits per heavy atom. The summed E-state index contributed by atoms with van der Waals surface area (Å²) in [6, 6.07) is 16.8. The lowest BCUT2D eigenvalue weighted by atomic mass is 10.2. The molecule has 8 nitrogen and oxygen atoms in total. The number of hydrogen-bond acceptors (Lipinski definition) is 5. The lowest BCUT2D eigenvalue weighted by Gasteiger charge is -2.15. The molecule has 0 saturated carbocycles. The number of methoxy groups -OCH3 is 1. The number of carbonyl (C=O) groups excluding carboxylic acids is 1. The van der Waals surface area contributed by atoms with Gasteiger partial charge in [-0.1, -0.05) is 33.6 Å². The summed E-state index contributed by atoms with van der Waals surface area (Å²) in [4.78, 5) is 29.2. The molecule has 0 unspecified atom stereocenters. The van der Waals surface area contributed by atoms with Crippen LogP contribution in [-0.4, -0.2) is 29.6 Å². The molecule has 0 aliphatic rings. The monoisotopic (exact) mass is 510 g/mol. The highest BCUT2D eigenvalue weighted by Crippen LogP contribution is 2.34. The summed E-state index contributed by atoms with van der Waals surface area (Å²) < 4.78 is 12.0. The molecule has 3 aromatic carbocycles. The maximum absolute atomic E-state index is 12.3. The molecule has 1 aromatic heterocycles. The predicted octanol–water partition coefficient (Wildman–Crippen LogP) is 4.57. The molecule has 170 valence electrons. The fourth-order valence-electron chi connectivity index (χ4n) is 3.30. The van der Waals surface area contributed by atoms with Gasteiger partial charge in [0, 0.05) is 22.4 Å². The van der Waals surface area contributed by atoms with E-state index >= 15 is 0 Å². The van der Waals surface area contributed by atoms with Gasteiger partial charge >= 0.3 is 5.69 Å². The van der Waals surface area contributed by atoms with Crippen molar-refractivity contribution in [1.82, 2.24) is 9.97 Å². The Bertz CT molecular complexity index is 1350. The van der Waals surface area contributed by atoms with Gasteiger partial charge in [-0.15, -0.1) is 0 Å². The molecule has 1 amide bonds. The first-order valence-corrected chi connectivity index (χ1v) is 11.0. The molecule has 4 rings (SSSR count). The molecule has 0 atom stereocenters. The number of carbonyl (C=O) groups is 1. The first-order chi connectivity index (χ1) is 15.9. The summed E-state index contributed by atoms with van der Waals surface area (Å²) in [5.74, 6) is 0.711. The molecule has 0 spiro atoms. The van der Waals surface area contributed by atoms with Gasteiger partial charge in [-0.2, -0.15) is 0 Å². The van der Waals surface area contributed by atoms with Gasteiger partial charge in [-0.25, -0.2) is 4.79 Å². The van der Waals surface area contributed by atoms with Crippen molar-refractivity contribution in [3.05, 3.63) is 80.7 Å². The van der Waals surface area contributed by atoms with Crippen molar-refractivity contribution < 1.29 is 14.3 Å². The van der Waals surface area contributed by atoms with Gasteiger partial charge < -0.3 is 30.1 Å². The number of benzene rings is 3. The maximum Gasteiger partial charge on any atom is 0.323 e. The third-order valence-electron chi connectivity index (χ3n) is 5.03. The number of nitrogens with one attached hydrogen (secondary N) is 4. The van der Waals surface area contributed by atoms with Gasteiger partial charge in [0.15, 0.2) is 18.1 Å². The standard InChI is InChI=1S/C24H23BrN4O4/c1-14-3-5-16(6-4-14)27-23(30)13-33-22-11-18(25)15(9-21(22)32-2)12-26-17-7-8-19-20(10-17)29-24(31)28-19/h3-11,26H,12-13H2,1-2H3,(H,27,30)(H2,28,29,31). The topological polar surface area (TPSA) is 108 Å². The molecule has 4 N–H and O–H groups in total. The Morgan fingerprint density at radius 1 is 0.970 bits per heavy atom. The van der Waals surface area contributed by atoms with E-state index in [1.165, 1.54) is 0 Å². The SMILES string of the molecule is COc1cc(CNc2ccc3[nH]c(=O)[nH]c3c2)c(Br)cc1OCC(=O)Nc1ccc(C)cc1. The fraction of sp³-hybridized carbons (Fsp3) is 0.167. The van der Waals surface area contributed by atoms with Crippen molar-refractivity contribution in [2.75, 3.05) is 24.4 Å². The van der Waals surface area contributed by atoms with E-state index in [0.717, 1.165) is 32.3 Å². The molecule has 9 heteroatoms. The number of anilines is 2. The maximum atomic E-state index is 12.3. The third-order valence-corrected chi connectivity index (χ3v) is 5.76. The van der Waals surface area contributed by atoms with Crippen molar-refractivity contribution in [1.29, 1.82) is 0 Å². The molecule has 33 heavy (non-hydrogen) atoms. The number of fused-ring (bicyclic) bond motifs is 1. The minimum absolute atomic E-state index is 0.150. The first-order valence-electron chi connectivity index (χ1n) is 10.2. The Kier molecular flexibility index (Phi) is 6.69. The zero-order chi connectivity index (χ0) is 23.4. The van der Waals surface area contributed by atoms with Crippen LogP contribution in [0, 0.1) is 6.92 Å². The summed E-state index contributed by atoms with van der Waals surface area (Å²) in [5.41, 5.74) is 4.87. The second kappa shape index (κ2) is 9.83. The van der Waals surface area contributed by atoms with Crippen LogP contribution in [0.3, 0.4) is 0 Å². The molecule has 0 aliphatic carbocycles. The largest absolute Gasteiger partial charge is 0.493 e. The second-order valence-corrected chi connectivity index (χ2v) is 8.34. The van der Waals surface area contributed by atoms with E-state index in [0.29, 0.717) is 23.7 Å². The van der Waals surface area contributed by atoms with Gasteiger partial charge in [0.05, 0.1) is 18.1 Å². The van der Waals surface area contributed by atoms with Crippen LogP contribution in [0.2, 0.25) is 0 Å². The van der Waals surface area contributed by atoms with Crippen molar-refractivity contribution in [2.24, 2.45) is 0 Å². The Hall–Kier alpha value is -3.72. The number of amides is 1. The summed E-state index contributed by atoms with van der Waals surface area (Å²) in [6.07, 6.45) is 0. The molecule has 1 heterocycles. The Balaban J connectivity index is 1.40. The van der Waals surface area contributed by atoms with Gasteiger partial charge in [0.25, 0.3) is 5.91 Å². The molecule has 0 aliphatic heterocycles. The summed E-state index contributed by atoms with van der Waals surface area (Å²) in [6.45, 7) is 2.34. The number of ether oxygens (including phenoxy) is 2. The number of aryl methyl sites for hydroxylation is 1. The highest BCUT2D eigenvalue weighted by atomic mass is 79.9. The Morgan fingerprint density at radius 3 is 2.45 bits per heavy atom. The number of aromatic amines is 2. The predicted molar refractivity (Wildman–Crippen MR) is 132 cm³/mol. The van der Waals surface area contributed by atoms with Crippen LogP contribution in [-0.2, 0) is 11.3 Å². The van der Waals surface area contributed by atoms with Crippen LogP contribution in [0.1, 0.15) is 11.1 Å². The minimum Gasteiger partial charge on any atom is -0.493 e. The lowest BCUT2D eigenvalue weighted by Crippen LogP contribution is -2.20. The van der Waals surface area contributed by atoms with Crippen LogP contribution < -0.4 is 25.8 Å². The van der Waals surface area contributed by atoms with Gasteiger partial charge in [-0.05, 0) is 55.0 Å². The molecular formula is C24H23BrN4O4. The lowest BCUT2D eigenvalue weighted by molar-refractivity contribution is -0.118.